The molecule has 0 saturated carbocycles. The third kappa shape index (κ3) is 4.43. The molecule has 1 aromatic rings. The molecule has 0 fully saturated rings. The molecule has 0 aromatic heterocycles. The van der Waals surface area contributed by atoms with Crippen molar-refractivity contribution in [3.05, 3.63) is 33.9 Å². The number of hydrogen-bond donors (Lipinski definition) is 2. The van der Waals surface area contributed by atoms with E-state index < -0.39 is 11.0 Å². The summed E-state index contributed by atoms with van der Waals surface area (Å²) in [6.07, 6.45) is 0. The number of amides is 1. The van der Waals surface area contributed by atoms with Crippen molar-refractivity contribution in [1.82, 2.24) is 5.32 Å². The smallest absolute Gasteiger partial charge is 0.309 e. The van der Waals surface area contributed by atoms with E-state index in [0.717, 1.165) is 0 Å². The first-order valence-corrected chi connectivity index (χ1v) is 6.22. The van der Waals surface area contributed by atoms with Crippen molar-refractivity contribution in [2.24, 2.45) is 0 Å². The highest BCUT2D eigenvalue weighted by atomic mass is 16.6. The number of methoxy groups -OCH3 is 1. The Morgan fingerprint density at radius 2 is 2.29 bits per heavy atom. The van der Waals surface area contributed by atoms with E-state index in [0.29, 0.717) is 13.2 Å². The van der Waals surface area contributed by atoms with Gasteiger partial charge in [-0.25, -0.2) is 0 Å². The third-order valence-corrected chi connectivity index (χ3v) is 2.71. The van der Waals surface area contributed by atoms with E-state index in [9.17, 15) is 14.9 Å². The van der Waals surface area contributed by atoms with Gasteiger partial charge in [0.05, 0.1) is 11.5 Å². The van der Waals surface area contributed by atoms with Crippen molar-refractivity contribution in [2.75, 3.05) is 25.6 Å². The number of hydrogen-bond acceptors (Lipinski definition) is 6. The number of para-hydroxylation sites is 1. The fourth-order valence-corrected chi connectivity index (χ4v) is 1.68. The van der Waals surface area contributed by atoms with Gasteiger partial charge >= 0.3 is 5.69 Å². The van der Waals surface area contributed by atoms with Crippen LogP contribution in [0.4, 0.5) is 11.4 Å². The summed E-state index contributed by atoms with van der Waals surface area (Å²) in [6, 6.07) is 5.40. The van der Waals surface area contributed by atoms with Gasteiger partial charge in [0.1, 0.15) is 23.4 Å². The predicted molar refractivity (Wildman–Crippen MR) is 75.8 cm³/mol. The van der Waals surface area contributed by atoms with Crippen LogP contribution in [0.3, 0.4) is 0 Å². The van der Waals surface area contributed by atoms with E-state index in [-0.39, 0.29) is 22.8 Å². The Balaban J connectivity index is 2.85. The SMILES string of the molecule is COCCNC(=O)C(C)Nc1cccc(C#N)c1[N+](=O)[O-]. The molecule has 8 nitrogen and oxygen atoms in total. The fourth-order valence-electron chi connectivity index (χ4n) is 1.68. The number of carbonyl (C=O) groups excluding carboxylic acids is 1. The molecule has 8 heteroatoms. The molecular weight excluding hydrogens is 276 g/mol. The maximum absolute atomic E-state index is 11.8. The summed E-state index contributed by atoms with van der Waals surface area (Å²) in [6.45, 7) is 2.30. The lowest BCUT2D eigenvalue weighted by atomic mass is 10.1. The van der Waals surface area contributed by atoms with Crippen LogP contribution >= 0.6 is 0 Å². The molecule has 0 heterocycles. The molecule has 0 aliphatic rings. The summed E-state index contributed by atoms with van der Waals surface area (Å²) in [5.41, 5.74) is -0.262. The van der Waals surface area contributed by atoms with E-state index >= 15 is 0 Å². The lowest BCUT2D eigenvalue weighted by Crippen LogP contribution is -2.39. The second-order valence-corrected chi connectivity index (χ2v) is 4.22. The van der Waals surface area contributed by atoms with Gasteiger partial charge in [-0.1, -0.05) is 6.07 Å². The van der Waals surface area contributed by atoms with E-state index in [2.05, 4.69) is 10.6 Å². The first-order valence-electron chi connectivity index (χ1n) is 6.22. The van der Waals surface area contributed by atoms with Gasteiger partial charge in [0, 0.05) is 13.7 Å². The molecule has 0 aliphatic carbocycles. The Morgan fingerprint density at radius 1 is 1.57 bits per heavy atom. The van der Waals surface area contributed by atoms with E-state index in [4.69, 9.17) is 10.00 Å². The van der Waals surface area contributed by atoms with Crippen molar-refractivity contribution in [3.63, 3.8) is 0 Å². The van der Waals surface area contributed by atoms with Gasteiger partial charge in [0.15, 0.2) is 0 Å². The number of ether oxygens (including phenoxy) is 1. The average Bonchev–Trinajstić information content (AvgIpc) is 2.46. The average molecular weight is 292 g/mol. The zero-order chi connectivity index (χ0) is 15.8. The Labute approximate surface area is 121 Å². The van der Waals surface area contributed by atoms with Crippen LogP contribution in [0.25, 0.3) is 0 Å². The van der Waals surface area contributed by atoms with Gasteiger partial charge in [-0.05, 0) is 19.1 Å². The molecule has 1 unspecified atom stereocenters. The molecule has 0 radical (unpaired) electrons. The first-order chi connectivity index (χ1) is 10.0. The number of rotatable bonds is 7. The number of anilines is 1. The van der Waals surface area contributed by atoms with Crippen molar-refractivity contribution in [1.29, 1.82) is 5.26 Å². The molecule has 0 spiro atoms. The zero-order valence-electron chi connectivity index (χ0n) is 11.8. The maximum Gasteiger partial charge on any atom is 0.309 e. The van der Waals surface area contributed by atoms with Gasteiger partial charge in [-0.3, -0.25) is 14.9 Å². The third-order valence-electron chi connectivity index (χ3n) is 2.71. The zero-order valence-corrected chi connectivity index (χ0v) is 11.8. The number of nitrogens with zero attached hydrogens (tertiary/aromatic N) is 2. The van der Waals surface area contributed by atoms with Gasteiger partial charge in [0.25, 0.3) is 0 Å². The second-order valence-electron chi connectivity index (χ2n) is 4.22. The molecule has 1 rings (SSSR count). The van der Waals surface area contributed by atoms with Gasteiger partial charge in [-0.15, -0.1) is 0 Å². The standard InChI is InChI=1S/C13H16N4O4/c1-9(13(18)15-6-7-21-2)16-11-5-3-4-10(8-14)12(11)17(19)20/h3-5,9,16H,6-7H2,1-2H3,(H,15,18). The fraction of sp³-hybridized carbons (Fsp3) is 0.385. The van der Waals surface area contributed by atoms with Crippen LogP contribution in [0.2, 0.25) is 0 Å². The molecule has 1 amide bonds. The predicted octanol–water partition coefficient (Wildman–Crippen LogP) is 1.03. The Hall–Kier alpha value is -2.66. The van der Waals surface area contributed by atoms with Crippen LogP contribution in [0.1, 0.15) is 12.5 Å². The normalized spacial score (nSPS) is 11.3. The Kier molecular flexibility index (Phi) is 6.10. The molecule has 2 N–H and O–H groups in total. The quantitative estimate of drug-likeness (QED) is 0.440. The van der Waals surface area contributed by atoms with Gasteiger partial charge in [0.2, 0.25) is 5.91 Å². The van der Waals surface area contributed by atoms with E-state index in [1.807, 2.05) is 0 Å². The number of nitro groups is 1. The number of nitro benzene ring substituents is 1. The van der Waals surface area contributed by atoms with Crippen LogP contribution < -0.4 is 10.6 Å². The van der Waals surface area contributed by atoms with Gasteiger partial charge < -0.3 is 15.4 Å². The summed E-state index contributed by atoms with van der Waals surface area (Å²) < 4.78 is 4.81. The molecule has 1 aromatic carbocycles. The minimum Gasteiger partial charge on any atom is -0.383 e. The lowest BCUT2D eigenvalue weighted by molar-refractivity contribution is -0.384. The number of carbonyl (C=O) groups is 1. The van der Waals surface area contributed by atoms with E-state index in [1.54, 1.807) is 13.0 Å². The molecule has 1 atom stereocenters. The molecule has 0 bridgehead atoms. The topological polar surface area (TPSA) is 117 Å². The Bertz CT molecular complexity index is 568. The number of benzene rings is 1. The summed E-state index contributed by atoms with van der Waals surface area (Å²) >= 11 is 0. The monoisotopic (exact) mass is 292 g/mol. The number of nitrogens with one attached hydrogen (secondary N) is 2. The summed E-state index contributed by atoms with van der Waals surface area (Å²) in [7, 11) is 1.52. The van der Waals surface area contributed by atoms with Crippen molar-refractivity contribution in [3.8, 4) is 6.07 Å². The number of nitriles is 1. The van der Waals surface area contributed by atoms with Crippen LogP contribution in [-0.4, -0.2) is 37.1 Å². The minimum absolute atomic E-state index is 0.0583. The van der Waals surface area contributed by atoms with Crippen molar-refractivity contribution < 1.29 is 14.5 Å². The highest BCUT2D eigenvalue weighted by Gasteiger charge is 2.22. The highest BCUT2D eigenvalue weighted by Crippen LogP contribution is 2.28. The molecule has 112 valence electrons. The van der Waals surface area contributed by atoms with Gasteiger partial charge in [-0.2, -0.15) is 5.26 Å². The first kappa shape index (κ1) is 16.4. The van der Waals surface area contributed by atoms with E-state index in [1.165, 1.54) is 25.3 Å². The lowest BCUT2D eigenvalue weighted by Gasteiger charge is -2.15. The summed E-state index contributed by atoms with van der Waals surface area (Å²) in [4.78, 5) is 22.2. The minimum atomic E-state index is -0.686. The Morgan fingerprint density at radius 3 is 2.86 bits per heavy atom. The molecule has 0 aliphatic heterocycles. The molecule has 0 saturated heterocycles. The van der Waals surface area contributed by atoms with Crippen molar-refractivity contribution in [2.45, 2.75) is 13.0 Å². The van der Waals surface area contributed by atoms with Crippen LogP contribution in [0, 0.1) is 21.4 Å². The molecular formula is C13H16N4O4. The second kappa shape index (κ2) is 7.81. The van der Waals surface area contributed by atoms with Crippen LogP contribution in [0.5, 0.6) is 0 Å². The largest absolute Gasteiger partial charge is 0.383 e. The van der Waals surface area contributed by atoms with Crippen LogP contribution in [0.15, 0.2) is 18.2 Å². The van der Waals surface area contributed by atoms with Crippen molar-refractivity contribution >= 4 is 17.3 Å². The van der Waals surface area contributed by atoms with Crippen LogP contribution in [-0.2, 0) is 9.53 Å². The maximum atomic E-state index is 11.8. The summed E-state index contributed by atoms with van der Waals surface area (Å²) in [5.74, 6) is -0.316. The summed E-state index contributed by atoms with van der Waals surface area (Å²) in [5, 5.41) is 25.3. The highest BCUT2D eigenvalue weighted by molar-refractivity contribution is 5.85. The molecule has 21 heavy (non-hydrogen) atoms.